The lowest BCUT2D eigenvalue weighted by Gasteiger charge is -2.31. The molecule has 0 atom stereocenters. The second-order valence-corrected chi connectivity index (χ2v) is 16.0. The molecule has 1 saturated heterocycles. The van der Waals surface area contributed by atoms with Crippen molar-refractivity contribution in [3.8, 4) is 22.5 Å². The summed E-state index contributed by atoms with van der Waals surface area (Å²) in [5.41, 5.74) is 6.93. The predicted octanol–water partition coefficient (Wildman–Crippen LogP) is 7.54. The van der Waals surface area contributed by atoms with Crippen molar-refractivity contribution >= 4 is 56.9 Å². The maximum atomic E-state index is 14.5. The van der Waals surface area contributed by atoms with Gasteiger partial charge in [0.2, 0.25) is 15.4 Å². The van der Waals surface area contributed by atoms with E-state index in [9.17, 15) is 18.0 Å². The number of carbonyl (C=O) groups excluding carboxylic acids is 2. The van der Waals surface area contributed by atoms with Gasteiger partial charge in [0, 0.05) is 78.1 Å². The predicted molar refractivity (Wildman–Crippen MR) is 218 cm³/mol. The molecule has 0 bridgehead atoms. The number of nitrogens with one attached hydrogen (secondary N) is 2. The summed E-state index contributed by atoms with van der Waals surface area (Å²) in [5, 5.41) is 8.01. The number of nitrogens with zero attached hydrogens (tertiary/aromatic N) is 2. The first-order valence-electron chi connectivity index (χ1n) is 18.6. The fourth-order valence-corrected chi connectivity index (χ4v) is 9.08. The van der Waals surface area contributed by atoms with E-state index >= 15 is 0 Å². The summed E-state index contributed by atoms with van der Waals surface area (Å²) in [4.78, 5) is 24.3. The van der Waals surface area contributed by atoms with Crippen LogP contribution in [-0.2, 0) is 19.6 Å². The molecule has 12 heteroatoms. The van der Waals surface area contributed by atoms with Gasteiger partial charge in [0.25, 0.3) is 0 Å². The number of ether oxygens (including phenoxy) is 1. The largest absolute Gasteiger partial charge is 0.456 e. The molecule has 0 spiro atoms. The zero-order valence-electron chi connectivity index (χ0n) is 31.4. The van der Waals surface area contributed by atoms with Gasteiger partial charge in [0.05, 0.1) is 11.0 Å². The van der Waals surface area contributed by atoms with Gasteiger partial charge in [-0.15, -0.1) is 0 Å². The molecule has 3 aromatic rings. The average Bonchev–Trinajstić information content (AvgIpc) is 3.16. The summed E-state index contributed by atoms with van der Waals surface area (Å²) in [6.07, 6.45) is 0.238. The van der Waals surface area contributed by atoms with Crippen LogP contribution in [0.25, 0.3) is 33.4 Å². The third-order valence-corrected chi connectivity index (χ3v) is 12.3. The number of Topliss-reactive ketones (excluding diaryl/α,β-unsaturated/α-hetero) is 1. The van der Waals surface area contributed by atoms with Crippen LogP contribution in [0.5, 0.6) is 0 Å². The van der Waals surface area contributed by atoms with E-state index in [1.54, 1.807) is 12.1 Å². The SMILES string of the molecule is CC[N+](CC)=c1ccc2c(-c3ccccc3S(=O)(=O)N3CCC(OC(=O)NCCC(=O)CCS)CC3)c3ccc(Nc4c(C)cccc4C)cc3oc-2c1. The Balaban J connectivity index is 1.35. The van der Waals surface area contributed by atoms with Crippen molar-refractivity contribution in [2.75, 3.05) is 43.8 Å². The van der Waals surface area contributed by atoms with E-state index in [0.717, 1.165) is 57.5 Å². The Morgan fingerprint density at radius 1 is 0.907 bits per heavy atom. The molecular weight excluding hydrogens is 721 g/mol. The molecule has 1 aliphatic carbocycles. The molecule has 0 radical (unpaired) electrons. The maximum Gasteiger partial charge on any atom is 0.407 e. The number of hydrogen-bond donors (Lipinski definition) is 3. The Hall–Kier alpha value is -4.65. The second kappa shape index (κ2) is 17.2. The van der Waals surface area contributed by atoms with E-state index in [2.05, 4.69) is 73.7 Å². The van der Waals surface area contributed by atoms with Crippen LogP contribution in [0.2, 0.25) is 0 Å². The minimum Gasteiger partial charge on any atom is -0.456 e. The van der Waals surface area contributed by atoms with Crippen molar-refractivity contribution < 1.29 is 27.2 Å². The molecule has 2 N–H and O–H groups in total. The molecule has 54 heavy (non-hydrogen) atoms. The molecule has 0 saturated carbocycles. The minimum atomic E-state index is -3.96. The first-order chi connectivity index (χ1) is 26.0. The Labute approximate surface area is 323 Å². The van der Waals surface area contributed by atoms with E-state index in [4.69, 9.17) is 9.15 Å². The second-order valence-electron chi connectivity index (χ2n) is 13.6. The van der Waals surface area contributed by atoms with Crippen LogP contribution in [0.3, 0.4) is 0 Å². The van der Waals surface area contributed by atoms with Crippen LogP contribution >= 0.6 is 12.6 Å². The van der Waals surface area contributed by atoms with E-state index in [0.29, 0.717) is 41.9 Å². The van der Waals surface area contributed by atoms with Gasteiger partial charge in [-0.1, -0.05) is 36.4 Å². The highest BCUT2D eigenvalue weighted by atomic mass is 32.2. The van der Waals surface area contributed by atoms with Crippen LogP contribution < -0.4 is 20.6 Å². The summed E-state index contributed by atoms with van der Waals surface area (Å²) >= 11 is 4.06. The number of ketones is 1. The van der Waals surface area contributed by atoms with Gasteiger partial charge in [0.15, 0.2) is 0 Å². The summed E-state index contributed by atoms with van der Waals surface area (Å²) in [6.45, 7) is 10.6. The number of fused-ring (bicyclic) bond motifs is 2. The zero-order valence-corrected chi connectivity index (χ0v) is 33.1. The van der Waals surface area contributed by atoms with Crippen molar-refractivity contribution in [2.45, 2.75) is 64.4 Å². The van der Waals surface area contributed by atoms with Gasteiger partial charge in [-0.05, 0) is 81.7 Å². The molecule has 6 rings (SSSR count). The number of piperidine rings is 1. The first kappa shape index (κ1) is 39.1. The number of anilines is 2. The molecule has 1 fully saturated rings. The fraction of sp³-hybridized carbons (Fsp3) is 0.357. The Bertz CT molecular complexity index is 2290. The molecule has 0 unspecified atom stereocenters. The van der Waals surface area contributed by atoms with Crippen LogP contribution in [0.4, 0.5) is 16.2 Å². The Kier molecular flexibility index (Phi) is 12.5. The van der Waals surface area contributed by atoms with Crippen LogP contribution in [-0.4, -0.2) is 69.2 Å². The molecule has 2 aliphatic heterocycles. The van der Waals surface area contributed by atoms with E-state index in [1.165, 1.54) is 4.31 Å². The lowest BCUT2D eigenvalue weighted by atomic mass is 9.93. The third kappa shape index (κ3) is 8.51. The summed E-state index contributed by atoms with van der Waals surface area (Å²) in [6, 6.07) is 25.4. The number of amides is 1. The van der Waals surface area contributed by atoms with Crippen molar-refractivity contribution in [1.29, 1.82) is 0 Å². The number of carbonyl (C=O) groups is 2. The molecule has 1 amide bonds. The standard InChI is InChI=1S/C42H48N4O6S2/c1-5-45(6-2)31-15-17-35-38(27-31)52-37-26-30(44-41-28(3)10-9-11-29(41)4)14-16-34(37)40(35)36-12-7-8-13-39(36)54(49,50)46-23-19-33(20-24-46)51-42(48)43-22-18-32(47)21-25-53/h7-17,26-27,33H,5-6,18-25H2,1-4H3,(H2,43,48,53)/p+1. The number of sulfonamides is 1. The lowest BCUT2D eigenvalue weighted by Crippen LogP contribution is -2.42. The highest BCUT2D eigenvalue weighted by Crippen LogP contribution is 2.43. The third-order valence-electron chi connectivity index (χ3n) is 10.1. The van der Waals surface area contributed by atoms with E-state index in [-0.39, 0.29) is 36.7 Å². The minimum absolute atomic E-state index is 0.0225. The van der Waals surface area contributed by atoms with Gasteiger partial charge in [-0.2, -0.15) is 16.9 Å². The van der Waals surface area contributed by atoms with Crippen LogP contribution in [0, 0.1) is 13.8 Å². The summed E-state index contributed by atoms with van der Waals surface area (Å²) in [7, 11) is -3.96. The fourth-order valence-electron chi connectivity index (χ4n) is 7.16. The van der Waals surface area contributed by atoms with E-state index < -0.39 is 22.2 Å². The number of thiol groups is 1. The highest BCUT2D eigenvalue weighted by Gasteiger charge is 2.33. The number of benzene rings is 4. The zero-order chi connectivity index (χ0) is 38.4. The van der Waals surface area contributed by atoms with Crippen molar-refractivity contribution in [3.63, 3.8) is 0 Å². The number of aryl methyl sites for hydroxylation is 2. The van der Waals surface area contributed by atoms with Crippen molar-refractivity contribution in [1.82, 2.24) is 14.2 Å². The quantitative estimate of drug-likeness (QED) is 0.0644. The number of alkyl carbamates (subject to hydrolysis) is 1. The number of hydrogen-bond acceptors (Lipinski definition) is 8. The van der Waals surface area contributed by atoms with Gasteiger partial charge < -0.3 is 19.8 Å². The first-order valence-corrected chi connectivity index (χ1v) is 20.7. The normalized spacial score (nSPS) is 13.9. The highest BCUT2D eigenvalue weighted by molar-refractivity contribution is 7.89. The van der Waals surface area contributed by atoms with Crippen LogP contribution in [0.15, 0.2) is 88.2 Å². The Morgan fingerprint density at radius 2 is 1.63 bits per heavy atom. The number of para-hydroxylation sites is 1. The smallest absolute Gasteiger partial charge is 0.407 e. The van der Waals surface area contributed by atoms with Gasteiger partial charge in [0.1, 0.15) is 36.3 Å². The van der Waals surface area contributed by atoms with Gasteiger partial charge in [-0.25, -0.2) is 17.8 Å². The number of rotatable bonds is 13. The average molecular weight is 770 g/mol. The molecule has 0 aromatic heterocycles. The molecule has 2 heterocycles. The van der Waals surface area contributed by atoms with Gasteiger partial charge in [-0.3, -0.25) is 4.79 Å². The van der Waals surface area contributed by atoms with Crippen LogP contribution in [0.1, 0.15) is 50.7 Å². The molecule has 284 valence electrons. The van der Waals surface area contributed by atoms with Crippen molar-refractivity contribution in [3.05, 3.63) is 95.3 Å². The Morgan fingerprint density at radius 3 is 2.33 bits per heavy atom. The molecule has 3 aliphatic rings. The molecule has 10 nitrogen and oxygen atoms in total. The van der Waals surface area contributed by atoms with Gasteiger partial charge >= 0.3 is 6.09 Å². The summed E-state index contributed by atoms with van der Waals surface area (Å²) in [5.74, 6) is 1.14. The molecule has 3 aromatic carbocycles. The topological polar surface area (TPSA) is 121 Å². The van der Waals surface area contributed by atoms with Crippen molar-refractivity contribution in [2.24, 2.45) is 0 Å². The molecular formula is C42H49N4O6S2+. The van der Waals surface area contributed by atoms with E-state index in [1.807, 2.05) is 48.5 Å². The monoisotopic (exact) mass is 769 g/mol. The maximum absolute atomic E-state index is 14.5. The lowest BCUT2D eigenvalue weighted by molar-refractivity contribution is -0.118. The summed E-state index contributed by atoms with van der Waals surface area (Å²) < 4.78 is 45.0.